The molecule has 1 rings (SSSR count). The number of amides is 1. The van der Waals surface area contributed by atoms with Gasteiger partial charge >= 0.3 is 0 Å². The van der Waals surface area contributed by atoms with Crippen LogP contribution in [0.5, 0.6) is 0 Å². The van der Waals surface area contributed by atoms with Crippen molar-refractivity contribution in [3.63, 3.8) is 0 Å². The number of hydrogen-bond donors (Lipinski definition) is 0. The summed E-state index contributed by atoms with van der Waals surface area (Å²) in [6, 6.07) is 2.15. The van der Waals surface area contributed by atoms with Gasteiger partial charge in [-0.05, 0) is 26.8 Å². The predicted octanol–water partition coefficient (Wildman–Crippen LogP) is 2.62. The summed E-state index contributed by atoms with van der Waals surface area (Å²) in [5.74, 6) is -0.0779. The summed E-state index contributed by atoms with van der Waals surface area (Å²) in [5, 5.41) is 11.5. The SMILES string of the molecule is Cc1nc(/C=C/C(=O)N(CCC#N)C(C)C)cs1. The van der Waals surface area contributed by atoms with Gasteiger partial charge in [0.15, 0.2) is 0 Å². The van der Waals surface area contributed by atoms with Crippen molar-refractivity contribution in [1.82, 2.24) is 9.88 Å². The Morgan fingerprint density at radius 1 is 1.67 bits per heavy atom. The van der Waals surface area contributed by atoms with Crippen LogP contribution in [0.1, 0.15) is 31.0 Å². The highest BCUT2D eigenvalue weighted by Gasteiger charge is 2.13. The van der Waals surface area contributed by atoms with Gasteiger partial charge in [-0.1, -0.05) is 0 Å². The molecule has 18 heavy (non-hydrogen) atoms. The summed E-state index contributed by atoms with van der Waals surface area (Å²) in [6.07, 6.45) is 3.59. The van der Waals surface area contributed by atoms with Crippen LogP contribution in [-0.2, 0) is 4.79 Å². The van der Waals surface area contributed by atoms with Gasteiger partial charge in [-0.15, -0.1) is 11.3 Å². The maximum Gasteiger partial charge on any atom is 0.246 e. The first-order valence-corrected chi connectivity index (χ1v) is 6.70. The van der Waals surface area contributed by atoms with E-state index in [1.807, 2.05) is 26.2 Å². The topological polar surface area (TPSA) is 57.0 Å². The standard InChI is InChI=1S/C13H17N3OS/c1-10(2)16(8-4-7-14)13(17)6-5-12-9-18-11(3)15-12/h5-6,9-10H,4,8H2,1-3H3/b6-5+. The smallest absolute Gasteiger partial charge is 0.246 e. The molecule has 0 bridgehead atoms. The van der Waals surface area contributed by atoms with Gasteiger partial charge in [-0.25, -0.2) is 4.98 Å². The Morgan fingerprint density at radius 3 is 2.89 bits per heavy atom. The summed E-state index contributed by atoms with van der Waals surface area (Å²) >= 11 is 1.55. The van der Waals surface area contributed by atoms with Crippen LogP contribution < -0.4 is 0 Å². The van der Waals surface area contributed by atoms with Crippen LogP contribution in [-0.4, -0.2) is 28.4 Å². The van der Waals surface area contributed by atoms with Crippen LogP contribution in [0.3, 0.4) is 0 Å². The van der Waals surface area contributed by atoms with E-state index >= 15 is 0 Å². The first-order valence-electron chi connectivity index (χ1n) is 5.82. The number of hydrogen-bond acceptors (Lipinski definition) is 4. The van der Waals surface area contributed by atoms with Crippen molar-refractivity contribution in [2.75, 3.05) is 6.54 Å². The first kappa shape index (κ1) is 14.4. The molecule has 96 valence electrons. The van der Waals surface area contributed by atoms with Crippen molar-refractivity contribution in [1.29, 1.82) is 5.26 Å². The van der Waals surface area contributed by atoms with Crippen molar-refractivity contribution >= 4 is 23.3 Å². The second-order valence-corrected chi connectivity index (χ2v) is 5.22. The van der Waals surface area contributed by atoms with Crippen molar-refractivity contribution in [2.45, 2.75) is 33.2 Å². The molecule has 0 radical (unpaired) electrons. The number of nitriles is 1. The van der Waals surface area contributed by atoms with E-state index in [0.717, 1.165) is 10.7 Å². The van der Waals surface area contributed by atoms with Gasteiger partial charge in [0.05, 0.1) is 23.2 Å². The molecule has 1 heterocycles. The Bertz CT molecular complexity index is 471. The molecule has 0 aliphatic rings. The van der Waals surface area contributed by atoms with Crippen molar-refractivity contribution in [2.24, 2.45) is 0 Å². The number of thiazole rings is 1. The lowest BCUT2D eigenvalue weighted by Gasteiger charge is -2.24. The van der Waals surface area contributed by atoms with E-state index in [1.54, 1.807) is 22.3 Å². The van der Waals surface area contributed by atoms with Crippen LogP contribution in [0.2, 0.25) is 0 Å². The zero-order valence-electron chi connectivity index (χ0n) is 10.9. The number of nitrogens with zero attached hydrogens (tertiary/aromatic N) is 3. The van der Waals surface area contributed by atoms with Crippen molar-refractivity contribution < 1.29 is 4.79 Å². The molecule has 1 aromatic rings. The monoisotopic (exact) mass is 263 g/mol. The third-order valence-electron chi connectivity index (χ3n) is 2.40. The molecule has 5 heteroatoms. The van der Waals surface area contributed by atoms with Crippen LogP contribution in [0.25, 0.3) is 6.08 Å². The normalized spacial score (nSPS) is 10.8. The lowest BCUT2D eigenvalue weighted by molar-refractivity contribution is -0.127. The van der Waals surface area contributed by atoms with E-state index in [0.29, 0.717) is 13.0 Å². The number of aromatic nitrogens is 1. The highest BCUT2D eigenvalue weighted by atomic mass is 32.1. The fraction of sp³-hybridized carbons (Fsp3) is 0.462. The minimum atomic E-state index is -0.0779. The van der Waals surface area contributed by atoms with Crippen LogP contribution >= 0.6 is 11.3 Å². The Labute approximate surface area is 112 Å². The van der Waals surface area contributed by atoms with E-state index in [9.17, 15) is 4.79 Å². The van der Waals surface area contributed by atoms with Crippen molar-refractivity contribution in [3.8, 4) is 6.07 Å². The zero-order chi connectivity index (χ0) is 13.5. The van der Waals surface area contributed by atoms with Gasteiger partial charge in [0.2, 0.25) is 5.91 Å². The van der Waals surface area contributed by atoms with Crippen LogP contribution in [0, 0.1) is 18.3 Å². The number of carbonyl (C=O) groups excluding carboxylic acids is 1. The molecule has 0 fully saturated rings. The van der Waals surface area contributed by atoms with Gasteiger partial charge in [-0.3, -0.25) is 4.79 Å². The molecule has 4 nitrogen and oxygen atoms in total. The number of carbonyl (C=O) groups is 1. The summed E-state index contributed by atoms with van der Waals surface area (Å²) < 4.78 is 0. The van der Waals surface area contributed by atoms with Gasteiger partial charge in [0.1, 0.15) is 0 Å². The number of aryl methyl sites for hydroxylation is 1. The van der Waals surface area contributed by atoms with E-state index in [1.165, 1.54) is 6.08 Å². The molecular formula is C13H17N3OS. The third kappa shape index (κ3) is 4.30. The van der Waals surface area contributed by atoms with E-state index < -0.39 is 0 Å². The van der Waals surface area contributed by atoms with Crippen LogP contribution in [0.15, 0.2) is 11.5 Å². The molecule has 0 saturated heterocycles. The Hall–Kier alpha value is -1.67. The van der Waals surface area contributed by atoms with Crippen LogP contribution in [0.4, 0.5) is 0 Å². The summed E-state index contributed by atoms with van der Waals surface area (Å²) in [4.78, 5) is 17.9. The summed E-state index contributed by atoms with van der Waals surface area (Å²) in [7, 11) is 0. The molecule has 0 saturated carbocycles. The second kappa shape index (κ2) is 6.92. The summed E-state index contributed by atoms with van der Waals surface area (Å²) in [6.45, 7) is 6.27. The molecule has 0 aromatic carbocycles. The quantitative estimate of drug-likeness (QED) is 0.767. The Balaban J connectivity index is 2.67. The maximum atomic E-state index is 12.0. The molecule has 0 spiro atoms. The Morgan fingerprint density at radius 2 is 2.39 bits per heavy atom. The van der Waals surface area contributed by atoms with Gasteiger partial charge < -0.3 is 4.90 Å². The van der Waals surface area contributed by atoms with Gasteiger partial charge in [0, 0.05) is 24.0 Å². The molecule has 0 atom stereocenters. The number of rotatable bonds is 5. The molecule has 0 N–H and O–H groups in total. The van der Waals surface area contributed by atoms with Crippen molar-refractivity contribution in [3.05, 3.63) is 22.2 Å². The fourth-order valence-electron chi connectivity index (χ4n) is 1.50. The van der Waals surface area contributed by atoms with Gasteiger partial charge in [-0.2, -0.15) is 5.26 Å². The van der Waals surface area contributed by atoms with E-state index in [2.05, 4.69) is 11.1 Å². The predicted molar refractivity (Wildman–Crippen MR) is 73.0 cm³/mol. The van der Waals surface area contributed by atoms with E-state index in [-0.39, 0.29) is 11.9 Å². The summed E-state index contributed by atoms with van der Waals surface area (Å²) in [5.41, 5.74) is 0.801. The maximum absolute atomic E-state index is 12.0. The average Bonchev–Trinajstić information content (AvgIpc) is 2.72. The lowest BCUT2D eigenvalue weighted by Crippen LogP contribution is -2.36. The Kier molecular flexibility index (Phi) is 5.53. The average molecular weight is 263 g/mol. The zero-order valence-corrected chi connectivity index (χ0v) is 11.7. The second-order valence-electron chi connectivity index (χ2n) is 4.16. The lowest BCUT2D eigenvalue weighted by atomic mass is 10.2. The molecule has 0 aliphatic heterocycles. The molecule has 1 aromatic heterocycles. The molecule has 0 aliphatic carbocycles. The van der Waals surface area contributed by atoms with E-state index in [4.69, 9.17) is 5.26 Å². The van der Waals surface area contributed by atoms with Gasteiger partial charge in [0.25, 0.3) is 0 Å². The largest absolute Gasteiger partial charge is 0.336 e. The first-order chi connectivity index (χ1) is 8.54. The third-order valence-corrected chi connectivity index (χ3v) is 3.20. The fourth-order valence-corrected chi connectivity index (χ4v) is 2.08. The highest BCUT2D eigenvalue weighted by molar-refractivity contribution is 7.09. The highest BCUT2D eigenvalue weighted by Crippen LogP contribution is 2.10. The molecule has 1 amide bonds. The minimum absolute atomic E-state index is 0.0779. The molecular weight excluding hydrogens is 246 g/mol. The minimum Gasteiger partial charge on any atom is -0.336 e. The molecule has 0 unspecified atom stereocenters.